The van der Waals surface area contributed by atoms with Crippen LogP contribution < -0.4 is 10.9 Å². The van der Waals surface area contributed by atoms with E-state index in [2.05, 4.69) is 31.3 Å². The van der Waals surface area contributed by atoms with Crippen LogP contribution in [0, 0.1) is 0 Å². The maximum atomic E-state index is 12.6. The van der Waals surface area contributed by atoms with Gasteiger partial charge < -0.3 is 15.0 Å². The van der Waals surface area contributed by atoms with Crippen LogP contribution >= 0.6 is 0 Å². The number of rotatable bonds is 5. The maximum Gasteiger partial charge on any atom is 0.267 e. The third-order valence-corrected chi connectivity index (χ3v) is 4.98. The highest BCUT2D eigenvalue weighted by atomic mass is 16.3. The predicted octanol–water partition coefficient (Wildman–Crippen LogP) is 3.35. The van der Waals surface area contributed by atoms with Crippen molar-refractivity contribution in [2.24, 2.45) is 7.05 Å². The highest BCUT2D eigenvalue weighted by molar-refractivity contribution is 6.04. The lowest BCUT2D eigenvalue weighted by Gasteiger charge is -2.14. The zero-order valence-electron chi connectivity index (χ0n) is 16.9. The number of hydrogen-bond acceptors (Lipinski definition) is 4. The van der Waals surface area contributed by atoms with Gasteiger partial charge in [-0.15, -0.1) is 0 Å². The standard InChI is InChI=1S/C23H24N2O4/c1-13(2)15-6-5-7-16(10-15)17-8-9-19-18(11-17)21(27)20(23(29)25(19)4)22(28)24-12-14(3)26/h5-11,13,27H,12H2,1-4H3,(H,24,28). The molecule has 1 aromatic heterocycles. The van der Waals surface area contributed by atoms with Crippen molar-refractivity contribution in [1.29, 1.82) is 0 Å². The molecule has 6 heteroatoms. The molecule has 0 saturated carbocycles. The van der Waals surface area contributed by atoms with E-state index in [1.807, 2.05) is 18.2 Å². The Labute approximate surface area is 168 Å². The summed E-state index contributed by atoms with van der Waals surface area (Å²) in [6, 6.07) is 13.5. The van der Waals surface area contributed by atoms with Crippen LogP contribution in [0.4, 0.5) is 0 Å². The fraction of sp³-hybridized carbons (Fsp3) is 0.261. The van der Waals surface area contributed by atoms with Crippen LogP contribution in [0.1, 0.15) is 42.6 Å². The molecule has 3 aromatic rings. The molecular formula is C23H24N2O4. The van der Waals surface area contributed by atoms with E-state index >= 15 is 0 Å². The van der Waals surface area contributed by atoms with Gasteiger partial charge in [0, 0.05) is 12.4 Å². The molecule has 3 rings (SSSR count). The van der Waals surface area contributed by atoms with E-state index in [0.717, 1.165) is 11.1 Å². The Morgan fingerprint density at radius 1 is 1.10 bits per heavy atom. The number of carbonyl (C=O) groups excluding carboxylic acids is 2. The summed E-state index contributed by atoms with van der Waals surface area (Å²) in [4.78, 5) is 36.2. The minimum atomic E-state index is -0.771. The second-order valence-electron chi connectivity index (χ2n) is 7.48. The second-order valence-corrected chi connectivity index (χ2v) is 7.48. The third-order valence-electron chi connectivity index (χ3n) is 4.98. The Morgan fingerprint density at radius 3 is 2.45 bits per heavy atom. The Hall–Kier alpha value is -3.41. The number of hydrogen-bond donors (Lipinski definition) is 2. The van der Waals surface area contributed by atoms with Gasteiger partial charge in [0.25, 0.3) is 11.5 Å². The number of benzene rings is 2. The molecule has 0 spiro atoms. The van der Waals surface area contributed by atoms with Crippen molar-refractivity contribution in [3.8, 4) is 16.9 Å². The summed E-state index contributed by atoms with van der Waals surface area (Å²) in [7, 11) is 1.55. The van der Waals surface area contributed by atoms with Gasteiger partial charge >= 0.3 is 0 Å². The molecule has 0 unspecified atom stereocenters. The van der Waals surface area contributed by atoms with Crippen molar-refractivity contribution in [3.63, 3.8) is 0 Å². The lowest BCUT2D eigenvalue weighted by Crippen LogP contribution is -2.34. The Bertz CT molecular complexity index is 1180. The fourth-order valence-electron chi connectivity index (χ4n) is 3.29. The van der Waals surface area contributed by atoms with E-state index in [0.29, 0.717) is 16.8 Å². The number of fused-ring (bicyclic) bond motifs is 1. The number of amides is 1. The van der Waals surface area contributed by atoms with Crippen LogP contribution in [0.2, 0.25) is 0 Å². The van der Waals surface area contributed by atoms with Gasteiger partial charge in [0.05, 0.1) is 12.1 Å². The van der Waals surface area contributed by atoms with E-state index in [-0.39, 0.29) is 23.6 Å². The molecule has 0 aliphatic heterocycles. The van der Waals surface area contributed by atoms with Crippen LogP contribution in [0.25, 0.3) is 22.0 Å². The number of ketones is 1. The normalized spacial score (nSPS) is 11.1. The summed E-state index contributed by atoms with van der Waals surface area (Å²) in [5.41, 5.74) is 2.56. The van der Waals surface area contributed by atoms with Gasteiger partial charge in [-0.3, -0.25) is 14.4 Å². The quantitative estimate of drug-likeness (QED) is 0.697. The van der Waals surface area contributed by atoms with E-state index in [4.69, 9.17) is 0 Å². The van der Waals surface area contributed by atoms with Crippen LogP contribution in [-0.2, 0) is 11.8 Å². The first-order valence-electron chi connectivity index (χ1n) is 9.44. The molecule has 0 fully saturated rings. The molecule has 2 aromatic carbocycles. The lowest BCUT2D eigenvalue weighted by atomic mass is 9.96. The average molecular weight is 392 g/mol. The Balaban J connectivity index is 2.17. The minimum absolute atomic E-state index is 0.207. The molecule has 1 heterocycles. The molecule has 0 saturated heterocycles. The third kappa shape index (κ3) is 3.92. The van der Waals surface area contributed by atoms with Crippen molar-refractivity contribution in [3.05, 3.63) is 63.9 Å². The van der Waals surface area contributed by atoms with Crippen LogP contribution in [-0.4, -0.2) is 27.9 Å². The van der Waals surface area contributed by atoms with Crippen LogP contribution in [0.5, 0.6) is 5.75 Å². The van der Waals surface area contributed by atoms with Crippen molar-refractivity contribution in [2.45, 2.75) is 26.7 Å². The molecular weight excluding hydrogens is 368 g/mol. The molecule has 0 bridgehead atoms. The Kier molecular flexibility index (Phi) is 5.55. The van der Waals surface area contributed by atoms with Crippen molar-refractivity contribution in [1.82, 2.24) is 9.88 Å². The number of Topliss-reactive ketones (excluding diaryl/α,β-unsaturated/α-hetero) is 1. The van der Waals surface area contributed by atoms with Gasteiger partial charge in [0.15, 0.2) is 0 Å². The molecule has 0 radical (unpaired) electrons. The summed E-state index contributed by atoms with van der Waals surface area (Å²) in [5.74, 6) is -1.03. The highest BCUT2D eigenvalue weighted by Crippen LogP contribution is 2.31. The molecule has 29 heavy (non-hydrogen) atoms. The van der Waals surface area contributed by atoms with Gasteiger partial charge in [-0.1, -0.05) is 44.2 Å². The molecule has 150 valence electrons. The summed E-state index contributed by atoms with van der Waals surface area (Å²) >= 11 is 0. The van der Waals surface area contributed by atoms with E-state index in [1.165, 1.54) is 17.1 Å². The van der Waals surface area contributed by atoms with E-state index in [1.54, 1.807) is 19.2 Å². The van der Waals surface area contributed by atoms with Crippen LogP contribution in [0.3, 0.4) is 0 Å². The first-order valence-corrected chi connectivity index (χ1v) is 9.44. The average Bonchev–Trinajstić information content (AvgIpc) is 2.70. The van der Waals surface area contributed by atoms with Crippen molar-refractivity contribution in [2.75, 3.05) is 6.54 Å². The summed E-state index contributed by atoms with van der Waals surface area (Å²) < 4.78 is 1.33. The first-order chi connectivity index (χ1) is 13.7. The van der Waals surface area contributed by atoms with Gasteiger partial charge in [-0.05, 0) is 41.7 Å². The Morgan fingerprint density at radius 2 is 1.79 bits per heavy atom. The zero-order valence-corrected chi connectivity index (χ0v) is 16.9. The molecule has 6 nitrogen and oxygen atoms in total. The van der Waals surface area contributed by atoms with Crippen molar-refractivity contribution >= 4 is 22.6 Å². The summed E-state index contributed by atoms with van der Waals surface area (Å²) in [6.45, 7) is 5.36. The summed E-state index contributed by atoms with van der Waals surface area (Å²) in [6.07, 6.45) is 0. The number of pyridine rings is 1. The smallest absolute Gasteiger partial charge is 0.267 e. The molecule has 0 aliphatic rings. The number of aromatic hydroxyl groups is 1. The zero-order chi connectivity index (χ0) is 21.3. The van der Waals surface area contributed by atoms with Gasteiger partial charge in [-0.25, -0.2) is 0 Å². The second kappa shape index (κ2) is 7.91. The SMILES string of the molecule is CC(=O)CNC(=O)c1c(O)c2cc(-c3cccc(C(C)C)c3)ccc2n(C)c1=O. The van der Waals surface area contributed by atoms with Crippen molar-refractivity contribution < 1.29 is 14.7 Å². The molecule has 0 aliphatic carbocycles. The number of carbonyl (C=O) groups is 2. The van der Waals surface area contributed by atoms with E-state index < -0.39 is 11.5 Å². The fourth-order valence-corrected chi connectivity index (χ4v) is 3.29. The predicted molar refractivity (Wildman–Crippen MR) is 113 cm³/mol. The van der Waals surface area contributed by atoms with E-state index in [9.17, 15) is 19.5 Å². The first kappa shape index (κ1) is 20.3. The monoisotopic (exact) mass is 392 g/mol. The van der Waals surface area contributed by atoms with Crippen LogP contribution in [0.15, 0.2) is 47.3 Å². The minimum Gasteiger partial charge on any atom is -0.506 e. The number of aromatic nitrogens is 1. The number of nitrogens with one attached hydrogen (secondary N) is 1. The van der Waals surface area contributed by atoms with Gasteiger partial charge in [0.2, 0.25) is 0 Å². The molecule has 1 amide bonds. The lowest BCUT2D eigenvalue weighted by molar-refractivity contribution is -0.116. The van der Waals surface area contributed by atoms with Gasteiger partial charge in [-0.2, -0.15) is 0 Å². The topological polar surface area (TPSA) is 88.4 Å². The largest absolute Gasteiger partial charge is 0.506 e. The highest BCUT2D eigenvalue weighted by Gasteiger charge is 2.21. The number of aryl methyl sites for hydroxylation is 1. The molecule has 0 atom stereocenters. The summed E-state index contributed by atoms with van der Waals surface area (Å²) in [5, 5.41) is 13.5. The van der Waals surface area contributed by atoms with Gasteiger partial charge in [0.1, 0.15) is 17.1 Å². The maximum absolute atomic E-state index is 12.6. The molecule has 2 N–H and O–H groups in total. The number of nitrogens with zero attached hydrogens (tertiary/aromatic N) is 1.